The van der Waals surface area contributed by atoms with Gasteiger partial charge in [0, 0.05) is 42.9 Å². The van der Waals surface area contributed by atoms with Crippen LogP contribution in [0.1, 0.15) is 13.3 Å². The minimum atomic E-state index is 0.540. The Hall–Kier alpha value is -2.67. The van der Waals surface area contributed by atoms with Gasteiger partial charge in [0.2, 0.25) is 5.95 Å². The molecule has 2 aromatic heterocycles. The number of rotatable bonds is 3. The van der Waals surface area contributed by atoms with Crippen molar-refractivity contribution in [3.05, 3.63) is 36.7 Å². The summed E-state index contributed by atoms with van der Waals surface area (Å²) >= 11 is 0. The van der Waals surface area contributed by atoms with E-state index in [1.54, 1.807) is 0 Å². The standard InChI is InChI=1S/C17H21N7/c1-12-5-8-24(9-7-18-12)17-19-6-4-16(22-17)21-14-2-3-15-13(10-14)11-20-23-15/h2-4,6,10-12,18H,5,7-9H2,1H3,(H,20,23)(H,19,21,22). The lowest BCUT2D eigenvalue weighted by molar-refractivity contribution is 0.566. The van der Waals surface area contributed by atoms with Crippen molar-refractivity contribution in [1.29, 1.82) is 0 Å². The maximum Gasteiger partial charge on any atom is 0.227 e. The summed E-state index contributed by atoms with van der Waals surface area (Å²) in [5.74, 6) is 1.58. The zero-order valence-electron chi connectivity index (χ0n) is 13.7. The first-order valence-corrected chi connectivity index (χ1v) is 8.29. The third-order valence-electron chi connectivity index (χ3n) is 4.34. The Bertz CT molecular complexity index is 828. The molecule has 24 heavy (non-hydrogen) atoms. The van der Waals surface area contributed by atoms with Crippen LogP contribution in [0.4, 0.5) is 17.5 Å². The molecule has 3 N–H and O–H groups in total. The summed E-state index contributed by atoms with van der Waals surface area (Å²) < 4.78 is 0. The van der Waals surface area contributed by atoms with Crippen molar-refractivity contribution < 1.29 is 0 Å². The van der Waals surface area contributed by atoms with E-state index in [1.807, 2.05) is 30.6 Å². The van der Waals surface area contributed by atoms with Crippen LogP contribution in [0.15, 0.2) is 36.7 Å². The van der Waals surface area contributed by atoms with Crippen molar-refractivity contribution in [1.82, 2.24) is 25.5 Å². The number of benzene rings is 1. The Morgan fingerprint density at radius 2 is 2.21 bits per heavy atom. The van der Waals surface area contributed by atoms with E-state index in [0.29, 0.717) is 6.04 Å². The van der Waals surface area contributed by atoms with Gasteiger partial charge in [-0.05, 0) is 37.6 Å². The van der Waals surface area contributed by atoms with Crippen molar-refractivity contribution in [3.8, 4) is 0 Å². The van der Waals surface area contributed by atoms with Crippen molar-refractivity contribution >= 4 is 28.4 Å². The monoisotopic (exact) mass is 323 g/mol. The van der Waals surface area contributed by atoms with Gasteiger partial charge in [0.1, 0.15) is 5.82 Å². The smallest absolute Gasteiger partial charge is 0.227 e. The van der Waals surface area contributed by atoms with E-state index in [4.69, 9.17) is 0 Å². The molecule has 0 bridgehead atoms. The largest absolute Gasteiger partial charge is 0.340 e. The molecule has 7 nitrogen and oxygen atoms in total. The van der Waals surface area contributed by atoms with Crippen LogP contribution in [0.25, 0.3) is 10.9 Å². The van der Waals surface area contributed by atoms with E-state index >= 15 is 0 Å². The molecule has 1 unspecified atom stereocenters. The molecular formula is C17H21N7. The van der Waals surface area contributed by atoms with E-state index in [9.17, 15) is 0 Å². The average Bonchev–Trinajstić information content (AvgIpc) is 2.95. The Balaban J connectivity index is 1.53. The number of fused-ring (bicyclic) bond motifs is 1. The average molecular weight is 323 g/mol. The number of hydrogen-bond acceptors (Lipinski definition) is 6. The SMILES string of the molecule is CC1CCN(c2nccc(Nc3ccc4[nH]ncc4c3)n2)CCN1. The number of anilines is 3. The molecule has 0 spiro atoms. The van der Waals surface area contributed by atoms with Crippen molar-refractivity contribution in [2.24, 2.45) is 0 Å². The first kappa shape index (κ1) is 14.9. The first-order chi connectivity index (χ1) is 11.8. The van der Waals surface area contributed by atoms with Gasteiger partial charge in [0.25, 0.3) is 0 Å². The third-order valence-corrected chi connectivity index (χ3v) is 4.34. The van der Waals surface area contributed by atoms with E-state index in [2.05, 4.69) is 48.7 Å². The molecule has 0 saturated carbocycles. The van der Waals surface area contributed by atoms with Crippen molar-refractivity contribution in [3.63, 3.8) is 0 Å². The second-order valence-electron chi connectivity index (χ2n) is 6.17. The van der Waals surface area contributed by atoms with Gasteiger partial charge < -0.3 is 15.5 Å². The second kappa shape index (κ2) is 6.45. The summed E-state index contributed by atoms with van der Waals surface area (Å²) in [7, 11) is 0. The molecule has 124 valence electrons. The van der Waals surface area contributed by atoms with Gasteiger partial charge in [0.15, 0.2) is 0 Å². The maximum absolute atomic E-state index is 4.68. The van der Waals surface area contributed by atoms with Crippen molar-refractivity contribution in [2.75, 3.05) is 29.9 Å². The first-order valence-electron chi connectivity index (χ1n) is 8.29. The summed E-state index contributed by atoms with van der Waals surface area (Å²) in [6, 6.07) is 8.51. The highest BCUT2D eigenvalue weighted by molar-refractivity contribution is 5.82. The number of nitrogens with zero attached hydrogens (tertiary/aromatic N) is 4. The van der Waals surface area contributed by atoms with Gasteiger partial charge in [0.05, 0.1) is 11.7 Å². The molecule has 1 atom stereocenters. The van der Waals surface area contributed by atoms with Gasteiger partial charge in [-0.3, -0.25) is 5.10 Å². The van der Waals surface area contributed by atoms with E-state index in [1.165, 1.54) is 0 Å². The molecule has 1 aromatic carbocycles. The number of hydrogen-bond donors (Lipinski definition) is 3. The van der Waals surface area contributed by atoms with Crippen LogP contribution in [0.3, 0.4) is 0 Å². The fraction of sp³-hybridized carbons (Fsp3) is 0.353. The topological polar surface area (TPSA) is 81.8 Å². The summed E-state index contributed by atoms with van der Waals surface area (Å²) in [5.41, 5.74) is 2.01. The fourth-order valence-corrected chi connectivity index (χ4v) is 2.95. The summed E-state index contributed by atoms with van der Waals surface area (Å²) in [5, 5.41) is 14.9. The number of aromatic amines is 1. The van der Waals surface area contributed by atoms with Crippen LogP contribution in [0.5, 0.6) is 0 Å². The lowest BCUT2D eigenvalue weighted by atomic mass is 10.2. The molecular weight excluding hydrogens is 302 g/mol. The highest BCUT2D eigenvalue weighted by atomic mass is 15.3. The zero-order valence-corrected chi connectivity index (χ0v) is 13.7. The summed E-state index contributed by atoms with van der Waals surface area (Å²) in [4.78, 5) is 11.4. The van der Waals surface area contributed by atoms with E-state index < -0.39 is 0 Å². The highest BCUT2D eigenvalue weighted by Gasteiger charge is 2.15. The quantitative estimate of drug-likeness (QED) is 0.686. The van der Waals surface area contributed by atoms with Gasteiger partial charge >= 0.3 is 0 Å². The van der Waals surface area contributed by atoms with Gasteiger partial charge in [-0.15, -0.1) is 0 Å². The highest BCUT2D eigenvalue weighted by Crippen LogP contribution is 2.21. The fourth-order valence-electron chi connectivity index (χ4n) is 2.95. The predicted molar refractivity (Wildman–Crippen MR) is 95.7 cm³/mol. The van der Waals surface area contributed by atoms with Crippen LogP contribution in [-0.4, -0.2) is 45.8 Å². The predicted octanol–water partition coefficient (Wildman–Crippen LogP) is 2.28. The molecule has 0 radical (unpaired) electrons. The molecule has 3 aromatic rings. The van der Waals surface area contributed by atoms with Crippen LogP contribution >= 0.6 is 0 Å². The molecule has 1 fully saturated rings. The Kier molecular flexibility index (Phi) is 4.00. The van der Waals surface area contributed by atoms with E-state index in [-0.39, 0.29) is 0 Å². The summed E-state index contributed by atoms with van der Waals surface area (Å²) in [6.07, 6.45) is 4.72. The minimum Gasteiger partial charge on any atom is -0.340 e. The van der Waals surface area contributed by atoms with Crippen LogP contribution < -0.4 is 15.5 Å². The Morgan fingerprint density at radius 1 is 1.25 bits per heavy atom. The lowest BCUT2D eigenvalue weighted by Gasteiger charge is -2.20. The number of nitrogens with one attached hydrogen (secondary N) is 3. The molecule has 1 saturated heterocycles. The van der Waals surface area contributed by atoms with Gasteiger partial charge in [-0.1, -0.05) is 0 Å². The molecule has 0 aliphatic carbocycles. The molecule has 4 rings (SSSR count). The normalized spacial score (nSPS) is 18.5. The van der Waals surface area contributed by atoms with Crippen LogP contribution in [-0.2, 0) is 0 Å². The number of aromatic nitrogens is 4. The Morgan fingerprint density at radius 3 is 3.17 bits per heavy atom. The van der Waals surface area contributed by atoms with Gasteiger partial charge in [-0.25, -0.2) is 4.98 Å². The van der Waals surface area contributed by atoms with E-state index in [0.717, 1.165) is 54.4 Å². The summed E-state index contributed by atoms with van der Waals surface area (Å²) in [6.45, 7) is 5.07. The second-order valence-corrected chi connectivity index (χ2v) is 6.17. The molecule has 7 heteroatoms. The minimum absolute atomic E-state index is 0.540. The third kappa shape index (κ3) is 3.16. The molecule has 1 aliphatic rings. The van der Waals surface area contributed by atoms with Gasteiger partial charge in [-0.2, -0.15) is 10.1 Å². The van der Waals surface area contributed by atoms with Crippen molar-refractivity contribution in [2.45, 2.75) is 19.4 Å². The molecule has 3 heterocycles. The molecule has 1 aliphatic heterocycles. The Labute approximate surface area is 140 Å². The maximum atomic E-state index is 4.68. The van der Waals surface area contributed by atoms with Crippen LogP contribution in [0.2, 0.25) is 0 Å². The lowest BCUT2D eigenvalue weighted by Crippen LogP contribution is -2.30. The number of H-pyrrole nitrogens is 1. The zero-order chi connectivity index (χ0) is 16.4. The van der Waals surface area contributed by atoms with Crippen LogP contribution in [0, 0.1) is 0 Å². The molecule has 0 amide bonds.